The smallest absolute Gasteiger partial charge is 0.191 e. The molecule has 168 valence electrons. The van der Waals surface area contributed by atoms with E-state index in [9.17, 15) is 8.42 Å². The summed E-state index contributed by atoms with van der Waals surface area (Å²) in [5.41, 5.74) is 2.19. The Labute approximate surface area is 193 Å². The minimum Gasteiger partial charge on any atom is -0.379 e. The molecule has 1 aromatic carbocycles. The molecule has 9 heteroatoms. The van der Waals surface area contributed by atoms with Crippen molar-refractivity contribution in [2.45, 2.75) is 46.4 Å². The van der Waals surface area contributed by atoms with Crippen molar-refractivity contribution in [2.75, 3.05) is 38.4 Å². The summed E-state index contributed by atoms with van der Waals surface area (Å²) in [7, 11) is -2.96. The standard InChI is InChI=1S/C20H35N3O4S.HI/c1-5-21-20(23-17(3)10-13-28(4,24)25)22-15-18-8-7-9-19(14-18)16-27-12-11-26-6-2;/h7-9,14,17H,5-6,10-13,15-16H2,1-4H3,(H2,21,22,23);1H. The molecule has 0 amide bonds. The van der Waals surface area contributed by atoms with Crippen LogP contribution in [0.25, 0.3) is 0 Å². The highest BCUT2D eigenvalue weighted by Gasteiger charge is 2.09. The minimum atomic E-state index is -2.96. The molecule has 0 saturated carbocycles. The van der Waals surface area contributed by atoms with Gasteiger partial charge in [0.1, 0.15) is 9.84 Å². The highest BCUT2D eigenvalue weighted by molar-refractivity contribution is 14.0. The van der Waals surface area contributed by atoms with Gasteiger partial charge in [0.05, 0.1) is 32.1 Å². The van der Waals surface area contributed by atoms with Crippen LogP contribution < -0.4 is 10.6 Å². The van der Waals surface area contributed by atoms with Gasteiger partial charge in [0.2, 0.25) is 0 Å². The molecule has 0 radical (unpaired) electrons. The van der Waals surface area contributed by atoms with E-state index in [2.05, 4.69) is 21.7 Å². The SMILES string of the molecule is CCNC(=NCc1cccc(COCCOCC)c1)NC(C)CCS(C)(=O)=O.I. The molecule has 1 atom stereocenters. The third-order valence-corrected chi connectivity index (χ3v) is 4.88. The predicted octanol–water partition coefficient (Wildman–Crippen LogP) is 2.74. The van der Waals surface area contributed by atoms with Gasteiger partial charge in [-0.15, -0.1) is 24.0 Å². The molecule has 0 saturated heterocycles. The fourth-order valence-electron chi connectivity index (χ4n) is 2.46. The highest BCUT2D eigenvalue weighted by Crippen LogP contribution is 2.08. The Bertz CT molecular complexity index is 699. The maximum absolute atomic E-state index is 11.3. The van der Waals surface area contributed by atoms with E-state index in [1.54, 1.807) is 0 Å². The molecule has 0 spiro atoms. The van der Waals surface area contributed by atoms with Crippen LogP contribution in [-0.2, 0) is 32.5 Å². The van der Waals surface area contributed by atoms with Gasteiger partial charge in [-0.3, -0.25) is 0 Å². The predicted molar refractivity (Wildman–Crippen MR) is 130 cm³/mol. The molecule has 0 aliphatic heterocycles. The van der Waals surface area contributed by atoms with E-state index in [1.165, 1.54) is 6.26 Å². The normalized spacial score (nSPS) is 12.9. The number of halogens is 1. The number of sulfone groups is 1. The summed E-state index contributed by atoms with van der Waals surface area (Å²) >= 11 is 0. The summed E-state index contributed by atoms with van der Waals surface area (Å²) in [5.74, 6) is 0.841. The monoisotopic (exact) mass is 541 g/mol. The lowest BCUT2D eigenvalue weighted by molar-refractivity contribution is 0.0453. The number of benzene rings is 1. The van der Waals surface area contributed by atoms with Gasteiger partial charge >= 0.3 is 0 Å². The molecule has 1 unspecified atom stereocenters. The number of ether oxygens (including phenoxy) is 2. The summed E-state index contributed by atoms with van der Waals surface area (Å²) in [6.07, 6.45) is 1.80. The molecule has 0 fully saturated rings. The van der Waals surface area contributed by atoms with Gasteiger partial charge in [-0.05, 0) is 38.3 Å². The van der Waals surface area contributed by atoms with Crippen molar-refractivity contribution in [3.63, 3.8) is 0 Å². The maximum atomic E-state index is 11.3. The summed E-state index contributed by atoms with van der Waals surface area (Å²) in [5, 5.41) is 6.47. The minimum absolute atomic E-state index is 0. The first kappa shape index (κ1) is 28.1. The molecule has 2 N–H and O–H groups in total. The van der Waals surface area contributed by atoms with Crippen molar-refractivity contribution >= 4 is 39.8 Å². The zero-order chi connectivity index (χ0) is 20.8. The molecule has 29 heavy (non-hydrogen) atoms. The number of nitrogens with zero attached hydrogens (tertiary/aromatic N) is 1. The topological polar surface area (TPSA) is 89.0 Å². The van der Waals surface area contributed by atoms with Crippen molar-refractivity contribution in [1.29, 1.82) is 0 Å². The second kappa shape index (κ2) is 15.9. The van der Waals surface area contributed by atoms with Crippen molar-refractivity contribution in [2.24, 2.45) is 4.99 Å². The Balaban J connectivity index is 0.00000784. The van der Waals surface area contributed by atoms with Crippen molar-refractivity contribution in [3.8, 4) is 0 Å². The van der Waals surface area contributed by atoms with Gasteiger partial charge in [-0.1, -0.05) is 24.3 Å². The van der Waals surface area contributed by atoms with E-state index in [4.69, 9.17) is 9.47 Å². The molecule has 0 aliphatic rings. The summed E-state index contributed by atoms with van der Waals surface area (Å²) in [6, 6.07) is 8.16. The van der Waals surface area contributed by atoms with Crippen LogP contribution in [0.5, 0.6) is 0 Å². The highest BCUT2D eigenvalue weighted by atomic mass is 127. The Morgan fingerprint density at radius 2 is 1.86 bits per heavy atom. The van der Waals surface area contributed by atoms with Crippen LogP contribution in [0.15, 0.2) is 29.3 Å². The zero-order valence-electron chi connectivity index (χ0n) is 17.9. The van der Waals surface area contributed by atoms with Gasteiger partial charge in [0.25, 0.3) is 0 Å². The van der Waals surface area contributed by atoms with Crippen LogP contribution in [0.2, 0.25) is 0 Å². The van der Waals surface area contributed by atoms with E-state index in [-0.39, 0.29) is 35.8 Å². The third-order valence-electron chi connectivity index (χ3n) is 3.90. The molecule has 0 aromatic heterocycles. The van der Waals surface area contributed by atoms with E-state index in [1.807, 2.05) is 39.0 Å². The van der Waals surface area contributed by atoms with Crippen LogP contribution in [-0.4, -0.2) is 58.8 Å². The number of guanidine groups is 1. The van der Waals surface area contributed by atoms with E-state index < -0.39 is 9.84 Å². The Hall–Kier alpha value is -0.910. The fourth-order valence-corrected chi connectivity index (χ4v) is 3.24. The summed E-state index contributed by atoms with van der Waals surface area (Å²) in [4.78, 5) is 4.61. The second-order valence-corrected chi connectivity index (χ2v) is 8.99. The third kappa shape index (κ3) is 14.7. The lowest BCUT2D eigenvalue weighted by atomic mass is 10.1. The van der Waals surface area contributed by atoms with Gasteiger partial charge in [0.15, 0.2) is 5.96 Å². The number of aliphatic imine (C=N–C) groups is 1. The quantitative estimate of drug-likeness (QED) is 0.173. The van der Waals surface area contributed by atoms with E-state index >= 15 is 0 Å². The maximum Gasteiger partial charge on any atom is 0.191 e. The van der Waals surface area contributed by atoms with Crippen molar-refractivity contribution in [1.82, 2.24) is 10.6 Å². The number of nitrogens with one attached hydrogen (secondary N) is 2. The van der Waals surface area contributed by atoms with Crippen LogP contribution in [0.1, 0.15) is 38.3 Å². The zero-order valence-corrected chi connectivity index (χ0v) is 21.1. The molecule has 0 bridgehead atoms. The first-order valence-corrected chi connectivity index (χ1v) is 11.9. The van der Waals surface area contributed by atoms with Gasteiger partial charge in [0, 0.05) is 25.4 Å². The first-order chi connectivity index (χ1) is 13.3. The molecule has 1 rings (SSSR count). The molecule has 1 aromatic rings. The molecule has 7 nitrogen and oxygen atoms in total. The molecule has 0 heterocycles. The lowest BCUT2D eigenvalue weighted by Crippen LogP contribution is -2.42. The van der Waals surface area contributed by atoms with Gasteiger partial charge in [-0.25, -0.2) is 13.4 Å². The van der Waals surface area contributed by atoms with Gasteiger partial charge in [-0.2, -0.15) is 0 Å². The number of hydrogen-bond donors (Lipinski definition) is 2. The summed E-state index contributed by atoms with van der Waals surface area (Å²) < 4.78 is 33.5. The van der Waals surface area contributed by atoms with Crippen LogP contribution >= 0.6 is 24.0 Å². The fraction of sp³-hybridized carbons (Fsp3) is 0.650. The van der Waals surface area contributed by atoms with Gasteiger partial charge < -0.3 is 20.1 Å². The van der Waals surface area contributed by atoms with E-state index in [0.29, 0.717) is 45.4 Å². The lowest BCUT2D eigenvalue weighted by Gasteiger charge is -2.17. The van der Waals surface area contributed by atoms with Crippen molar-refractivity contribution < 1.29 is 17.9 Å². The van der Waals surface area contributed by atoms with E-state index in [0.717, 1.165) is 17.7 Å². The average molecular weight is 541 g/mol. The molecular weight excluding hydrogens is 505 g/mol. The number of rotatable bonds is 13. The molecule has 0 aliphatic carbocycles. The Kier molecular flexibility index (Phi) is 15.4. The largest absolute Gasteiger partial charge is 0.379 e. The summed E-state index contributed by atoms with van der Waals surface area (Å²) in [6.45, 7) is 9.62. The molecular formula is C20H36IN3O4S. The second-order valence-electron chi connectivity index (χ2n) is 6.73. The Morgan fingerprint density at radius 1 is 1.17 bits per heavy atom. The van der Waals surface area contributed by atoms with Crippen molar-refractivity contribution in [3.05, 3.63) is 35.4 Å². The number of hydrogen-bond acceptors (Lipinski definition) is 5. The Morgan fingerprint density at radius 3 is 2.52 bits per heavy atom. The van der Waals surface area contributed by atoms with Crippen LogP contribution in [0.3, 0.4) is 0 Å². The van der Waals surface area contributed by atoms with Crippen LogP contribution in [0.4, 0.5) is 0 Å². The van der Waals surface area contributed by atoms with Crippen LogP contribution in [0, 0.1) is 0 Å². The average Bonchev–Trinajstić information content (AvgIpc) is 2.64. The first-order valence-electron chi connectivity index (χ1n) is 9.80.